The lowest BCUT2D eigenvalue weighted by atomic mass is 10.1. The molecule has 0 saturated carbocycles. The van der Waals surface area contributed by atoms with Crippen LogP contribution in [-0.2, 0) is 9.53 Å². The SMILES string of the molecule is O=Cc1ccc(C(=O)OCC(=O)N2CCN(C(=O)c3ccco3)CC2)cc1. The lowest BCUT2D eigenvalue weighted by Gasteiger charge is -2.34. The van der Waals surface area contributed by atoms with Crippen molar-refractivity contribution in [3.05, 3.63) is 59.5 Å². The number of piperazine rings is 1. The Labute approximate surface area is 155 Å². The van der Waals surface area contributed by atoms with E-state index in [-0.39, 0.29) is 29.7 Å². The third-order valence-electron chi connectivity index (χ3n) is 4.26. The van der Waals surface area contributed by atoms with Crippen molar-refractivity contribution in [3.63, 3.8) is 0 Å². The molecular formula is C19H18N2O6. The fourth-order valence-corrected chi connectivity index (χ4v) is 2.71. The Morgan fingerprint density at radius 1 is 1.00 bits per heavy atom. The molecular weight excluding hydrogens is 352 g/mol. The van der Waals surface area contributed by atoms with Gasteiger partial charge in [0, 0.05) is 31.7 Å². The fraction of sp³-hybridized carbons (Fsp3) is 0.263. The molecule has 0 spiro atoms. The zero-order valence-corrected chi connectivity index (χ0v) is 14.5. The Morgan fingerprint density at radius 3 is 2.26 bits per heavy atom. The molecule has 1 aromatic heterocycles. The highest BCUT2D eigenvalue weighted by Crippen LogP contribution is 2.10. The van der Waals surface area contributed by atoms with Crippen LogP contribution < -0.4 is 0 Å². The Morgan fingerprint density at radius 2 is 1.67 bits per heavy atom. The van der Waals surface area contributed by atoms with Gasteiger partial charge in [-0.2, -0.15) is 0 Å². The first-order valence-electron chi connectivity index (χ1n) is 8.41. The second kappa shape index (κ2) is 8.31. The molecule has 27 heavy (non-hydrogen) atoms. The topological polar surface area (TPSA) is 97.1 Å². The molecule has 0 bridgehead atoms. The molecule has 1 saturated heterocycles. The van der Waals surface area contributed by atoms with Crippen molar-refractivity contribution in [2.75, 3.05) is 32.8 Å². The van der Waals surface area contributed by atoms with Crippen LogP contribution in [0, 0.1) is 0 Å². The van der Waals surface area contributed by atoms with E-state index < -0.39 is 5.97 Å². The lowest BCUT2D eigenvalue weighted by molar-refractivity contribution is -0.136. The highest BCUT2D eigenvalue weighted by molar-refractivity contribution is 5.93. The molecule has 0 aliphatic carbocycles. The van der Waals surface area contributed by atoms with Gasteiger partial charge in [-0.25, -0.2) is 4.79 Å². The largest absolute Gasteiger partial charge is 0.459 e. The highest BCUT2D eigenvalue weighted by Gasteiger charge is 2.26. The van der Waals surface area contributed by atoms with Crippen molar-refractivity contribution in [3.8, 4) is 0 Å². The quantitative estimate of drug-likeness (QED) is 0.580. The van der Waals surface area contributed by atoms with E-state index in [4.69, 9.17) is 9.15 Å². The van der Waals surface area contributed by atoms with E-state index in [1.807, 2.05) is 0 Å². The Bertz CT molecular complexity index is 820. The summed E-state index contributed by atoms with van der Waals surface area (Å²) < 4.78 is 10.1. The van der Waals surface area contributed by atoms with Crippen molar-refractivity contribution in [2.45, 2.75) is 0 Å². The van der Waals surface area contributed by atoms with Crippen molar-refractivity contribution in [1.82, 2.24) is 9.80 Å². The maximum Gasteiger partial charge on any atom is 0.338 e. The number of amides is 2. The second-order valence-electron chi connectivity index (χ2n) is 5.97. The van der Waals surface area contributed by atoms with E-state index in [1.54, 1.807) is 21.9 Å². The number of nitrogens with zero attached hydrogens (tertiary/aromatic N) is 2. The molecule has 2 amide bonds. The maximum absolute atomic E-state index is 12.2. The van der Waals surface area contributed by atoms with Crippen LogP contribution in [0.25, 0.3) is 0 Å². The average Bonchev–Trinajstić information content (AvgIpc) is 3.26. The number of aldehydes is 1. The average molecular weight is 370 g/mol. The third-order valence-corrected chi connectivity index (χ3v) is 4.26. The molecule has 1 fully saturated rings. The molecule has 2 aromatic rings. The van der Waals surface area contributed by atoms with Crippen LogP contribution in [0.1, 0.15) is 31.3 Å². The number of furan rings is 1. The van der Waals surface area contributed by atoms with Gasteiger partial charge in [0.25, 0.3) is 11.8 Å². The summed E-state index contributed by atoms with van der Waals surface area (Å²) in [6.45, 7) is 1.10. The van der Waals surface area contributed by atoms with Crippen LogP contribution in [-0.4, -0.2) is 66.7 Å². The summed E-state index contributed by atoms with van der Waals surface area (Å²) in [6.07, 6.45) is 2.11. The number of esters is 1. The molecule has 1 aliphatic rings. The minimum Gasteiger partial charge on any atom is -0.459 e. The van der Waals surface area contributed by atoms with Gasteiger partial charge < -0.3 is 19.0 Å². The highest BCUT2D eigenvalue weighted by atomic mass is 16.5. The van der Waals surface area contributed by atoms with Crippen LogP contribution in [0.3, 0.4) is 0 Å². The second-order valence-corrected chi connectivity index (χ2v) is 5.97. The van der Waals surface area contributed by atoms with Gasteiger partial charge in [0.2, 0.25) is 0 Å². The normalized spacial score (nSPS) is 13.9. The van der Waals surface area contributed by atoms with E-state index >= 15 is 0 Å². The number of benzene rings is 1. The summed E-state index contributed by atoms with van der Waals surface area (Å²) in [4.78, 5) is 50.2. The van der Waals surface area contributed by atoms with E-state index in [2.05, 4.69) is 0 Å². The Kier molecular flexibility index (Phi) is 5.65. The zero-order valence-electron chi connectivity index (χ0n) is 14.5. The fourth-order valence-electron chi connectivity index (χ4n) is 2.71. The van der Waals surface area contributed by atoms with Crippen molar-refractivity contribution < 1.29 is 28.3 Å². The zero-order chi connectivity index (χ0) is 19.2. The summed E-state index contributed by atoms with van der Waals surface area (Å²) in [5.74, 6) is -0.896. The first-order chi connectivity index (χ1) is 13.1. The predicted octanol–water partition coefficient (Wildman–Crippen LogP) is 1.23. The summed E-state index contributed by atoms with van der Waals surface area (Å²) in [6, 6.07) is 9.18. The molecule has 0 N–H and O–H groups in total. The van der Waals surface area contributed by atoms with Crippen LogP contribution in [0.15, 0.2) is 47.1 Å². The first kappa shape index (κ1) is 18.4. The van der Waals surface area contributed by atoms with E-state index in [1.165, 1.54) is 30.5 Å². The predicted molar refractivity (Wildman–Crippen MR) is 93.3 cm³/mol. The van der Waals surface area contributed by atoms with E-state index in [0.29, 0.717) is 38.0 Å². The van der Waals surface area contributed by atoms with Crippen LogP contribution in [0.5, 0.6) is 0 Å². The number of hydrogen-bond acceptors (Lipinski definition) is 6. The molecule has 0 atom stereocenters. The summed E-state index contributed by atoms with van der Waals surface area (Å²) >= 11 is 0. The van der Waals surface area contributed by atoms with Crippen LogP contribution in [0.2, 0.25) is 0 Å². The number of hydrogen-bond donors (Lipinski definition) is 0. The molecule has 2 heterocycles. The molecule has 8 heteroatoms. The van der Waals surface area contributed by atoms with Gasteiger partial charge in [0.05, 0.1) is 11.8 Å². The van der Waals surface area contributed by atoms with Gasteiger partial charge in [-0.3, -0.25) is 14.4 Å². The number of ether oxygens (including phenoxy) is 1. The molecule has 0 radical (unpaired) electrons. The van der Waals surface area contributed by atoms with E-state index in [0.717, 1.165) is 0 Å². The third kappa shape index (κ3) is 4.41. The van der Waals surface area contributed by atoms with Crippen molar-refractivity contribution in [2.24, 2.45) is 0 Å². The molecule has 0 unspecified atom stereocenters. The van der Waals surface area contributed by atoms with Crippen LogP contribution in [0.4, 0.5) is 0 Å². The summed E-state index contributed by atoms with van der Waals surface area (Å²) in [5, 5.41) is 0. The molecule has 1 aliphatic heterocycles. The van der Waals surface area contributed by atoms with Gasteiger partial charge in [0.15, 0.2) is 12.4 Å². The Hall–Kier alpha value is -3.42. The minimum atomic E-state index is -0.632. The van der Waals surface area contributed by atoms with Gasteiger partial charge in [-0.1, -0.05) is 12.1 Å². The number of rotatable bonds is 5. The van der Waals surface area contributed by atoms with Gasteiger partial charge >= 0.3 is 5.97 Å². The summed E-state index contributed by atoms with van der Waals surface area (Å²) in [7, 11) is 0. The van der Waals surface area contributed by atoms with E-state index in [9.17, 15) is 19.2 Å². The van der Waals surface area contributed by atoms with Gasteiger partial charge in [-0.05, 0) is 24.3 Å². The number of carbonyl (C=O) groups excluding carboxylic acids is 4. The molecule has 140 valence electrons. The smallest absolute Gasteiger partial charge is 0.338 e. The van der Waals surface area contributed by atoms with Crippen molar-refractivity contribution in [1.29, 1.82) is 0 Å². The standard InChI is InChI=1S/C19H18N2O6/c22-12-14-3-5-15(6-4-14)19(25)27-13-17(23)20-7-9-21(10-8-20)18(24)16-2-1-11-26-16/h1-6,11-12H,7-10,13H2. The van der Waals surface area contributed by atoms with Gasteiger partial charge in [-0.15, -0.1) is 0 Å². The van der Waals surface area contributed by atoms with Gasteiger partial charge in [0.1, 0.15) is 6.29 Å². The van der Waals surface area contributed by atoms with Crippen LogP contribution >= 0.6 is 0 Å². The lowest BCUT2D eigenvalue weighted by Crippen LogP contribution is -2.51. The Balaban J connectivity index is 1.45. The first-order valence-corrected chi connectivity index (χ1v) is 8.41. The monoisotopic (exact) mass is 370 g/mol. The molecule has 1 aromatic carbocycles. The minimum absolute atomic E-state index is 0.211. The van der Waals surface area contributed by atoms with Crippen molar-refractivity contribution >= 4 is 24.1 Å². The number of carbonyl (C=O) groups is 4. The molecule has 3 rings (SSSR count). The summed E-state index contributed by atoms with van der Waals surface area (Å²) in [5.41, 5.74) is 0.715. The maximum atomic E-state index is 12.2. The molecule has 8 nitrogen and oxygen atoms in total.